The van der Waals surface area contributed by atoms with Crippen LogP contribution in [0.1, 0.15) is 0 Å². The summed E-state index contributed by atoms with van der Waals surface area (Å²) in [6, 6.07) is 49.7. The van der Waals surface area contributed by atoms with Crippen LogP contribution in [0.4, 0.5) is 5.69 Å². The highest BCUT2D eigenvalue weighted by molar-refractivity contribution is 6.10. The molecule has 0 aliphatic carbocycles. The second kappa shape index (κ2) is 8.37. The van der Waals surface area contributed by atoms with Crippen LogP contribution in [0.2, 0.25) is 0 Å². The third-order valence-electron chi connectivity index (χ3n) is 7.82. The third kappa shape index (κ3) is 3.30. The van der Waals surface area contributed by atoms with Gasteiger partial charge in [0.05, 0.1) is 22.1 Å². The van der Waals surface area contributed by atoms with E-state index in [1.54, 1.807) is 0 Å². The Bertz CT molecular complexity index is 1940. The molecule has 3 nitrogen and oxygen atoms in total. The van der Waals surface area contributed by atoms with E-state index in [2.05, 4.69) is 137 Å². The normalized spacial score (nSPS) is 11.7. The van der Waals surface area contributed by atoms with E-state index in [0.717, 1.165) is 28.2 Å². The lowest BCUT2D eigenvalue weighted by Crippen LogP contribution is -2.00. The number of nitrogens with two attached hydrogens (primary N) is 1. The van der Waals surface area contributed by atoms with E-state index in [-0.39, 0.29) is 0 Å². The van der Waals surface area contributed by atoms with Crippen molar-refractivity contribution in [3.05, 3.63) is 140 Å². The van der Waals surface area contributed by atoms with Crippen molar-refractivity contribution < 1.29 is 0 Å². The fourth-order valence-corrected chi connectivity index (χ4v) is 6.10. The number of nitrogens with zero attached hydrogens (tertiary/aromatic N) is 2. The zero-order valence-electron chi connectivity index (χ0n) is 21.3. The SMILES string of the molecule is Nc1ccc(-c2cc(-n3c4ccccc4c4ccccc43)cc(-n3c4ccccc4c4ccccc43)c2)cc1. The van der Waals surface area contributed by atoms with Crippen LogP contribution >= 0.6 is 0 Å². The van der Waals surface area contributed by atoms with Crippen LogP contribution in [0.3, 0.4) is 0 Å². The smallest absolute Gasteiger partial charge is 0.0541 e. The Balaban J connectivity index is 1.50. The number of nitrogen functional groups attached to an aromatic ring is 1. The van der Waals surface area contributed by atoms with Crippen molar-refractivity contribution in [3.63, 3.8) is 0 Å². The van der Waals surface area contributed by atoms with Crippen molar-refractivity contribution in [1.29, 1.82) is 0 Å². The largest absolute Gasteiger partial charge is 0.399 e. The molecule has 0 saturated carbocycles. The Morgan fingerprint density at radius 2 is 0.718 bits per heavy atom. The predicted octanol–water partition coefficient (Wildman–Crippen LogP) is 9.13. The molecule has 8 aromatic rings. The summed E-state index contributed by atoms with van der Waals surface area (Å²) in [5.74, 6) is 0. The third-order valence-corrected chi connectivity index (χ3v) is 7.82. The first-order valence-electron chi connectivity index (χ1n) is 13.2. The molecule has 0 unspecified atom stereocenters. The monoisotopic (exact) mass is 499 g/mol. The van der Waals surface area contributed by atoms with Crippen molar-refractivity contribution in [1.82, 2.24) is 9.13 Å². The average molecular weight is 500 g/mol. The molecule has 0 fully saturated rings. The Morgan fingerprint density at radius 1 is 0.359 bits per heavy atom. The molecule has 2 aromatic heterocycles. The number of anilines is 1. The molecule has 8 rings (SSSR count). The van der Waals surface area contributed by atoms with E-state index in [1.165, 1.54) is 43.6 Å². The molecule has 0 atom stereocenters. The van der Waals surface area contributed by atoms with Crippen molar-refractivity contribution >= 4 is 49.3 Å². The Kier molecular flexibility index (Phi) is 4.67. The first kappa shape index (κ1) is 21.8. The second-order valence-corrected chi connectivity index (χ2v) is 10.1. The molecular formula is C36H25N3. The Morgan fingerprint density at radius 3 is 1.10 bits per heavy atom. The zero-order chi connectivity index (χ0) is 25.9. The minimum atomic E-state index is 0.764. The van der Waals surface area contributed by atoms with Gasteiger partial charge in [-0.2, -0.15) is 0 Å². The van der Waals surface area contributed by atoms with E-state index < -0.39 is 0 Å². The van der Waals surface area contributed by atoms with Gasteiger partial charge in [-0.3, -0.25) is 0 Å². The molecule has 0 aliphatic rings. The van der Waals surface area contributed by atoms with Gasteiger partial charge in [0.2, 0.25) is 0 Å². The van der Waals surface area contributed by atoms with Crippen LogP contribution in [-0.2, 0) is 0 Å². The van der Waals surface area contributed by atoms with Gasteiger partial charge in [-0.1, -0.05) is 84.9 Å². The van der Waals surface area contributed by atoms with Crippen LogP contribution in [0.5, 0.6) is 0 Å². The molecule has 184 valence electrons. The second-order valence-electron chi connectivity index (χ2n) is 10.1. The lowest BCUT2D eigenvalue weighted by molar-refractivity contribution is 1.13. The molecule has 2 heterocycles. The van der Waals surface area contributed by atoms with Gasteiger partial charge in [0.25, 0.3) is 0 Å². The highest BCUT2D eigenvalue weighted by atomic mass is 15.0. The molecule has 0 radical (unpaired) electrons. The summed E-state index contributed by atoms with van der Waals surface area (Å²) < 4.78 is 4.78. The predicted molar refractivity (Wildman–Crippen MR) is 165 cm³/mol. The number of aromatic nitrogens is 2. The molecule has 0 saturated heterocycles. The number of para-hydroxylation sites is 4. The highest BCUT2D eigenvalue weighted by Crippen LogP contribution is 2.37. The summed E-state index contributed by atoms with van der Waals surface area (Å²) in [5, 5.41) is 5.02. The minimum absolute atomic E-state index is 0.764. The van der Waals surface area contributed by atoms with Gasteiger partial charge in [0, 0.05) is 38.6 Å². The van der Waals surface area contributed by atoms with Gasteiger partial charge in [-0.05, 0) is 65.7 Å². The molecule has 6 aromatic carbocycles. The van der Waals surface area contributed by atoms with E-state index in [1.807, 2.05) is 12.1 Å². The van der Waals surface area contributed by atoms with Gasteiger partial charge >= 0.3 is 0 Å². The maximum absolute atomic E-state index is 6.06. The van der Waals surface area contributed by atoms with Crippen LogP contribution < -0.4 is 5.73 Å². The van der Waals surface area contributed by atoms with Gasteiger partial charge in [-0.15, -0.1) is 0 Å². The molecular weight excluding hydrogens is 474 g/mol. The Labute approximate surface area is 226 Å². The zero-order valence-corrected chi connectivity index (χ0v) is 21.3. The molecule has 2 N–H and O–H groups in total. The number of fused-ring (bicyclic) bond motifs is 6. The number of hydrogen-bond donors (Lipinski definition) is 1. The van der Waals surface area contributed by atoms with Crippen LogP contribution in [0, 0.1) is 0 Å². The van der Waals surface area contributed by atoms with E-state index >= 15 is 0 Å². The number of hydrogen-bond acceptors (Lipinski definition) is 1. The van der Waals surface area contributed by atoms with Crippen LogP contribution in [0.15, 0.2) is 140 Å². The minimum Gasteiger partial charge on any atom is -0.399 e. The molecule has 3 heteroatoms. The fraction of sp³-hybridized carbons (Fsp3) is 0. The van der Waals surface area contributed by atoms with Crippen LogP contribution in [-0.4, -0.2) is 9.13 Å². The lowest BCUT2D eigenvalue weighted by atomic mass is 10.0. The maximum atomic E-state index is 6.06. The van der Waals surface area contributed by atoms with Gasteiger partial charge in [0.1, 0.15) is 0 Å². The van der Waals surface area contributed by atoms with Crippen molar-refractivity contribution in [3.8, 4) is 22.5 Å². The van der Waals surface area contributed by atoms with Gasteiger partial charge < -0.3 is 14.9 Å². The van der Waals surface area contributed by atoms with E-state index in [4.69, 9.17) is 5.73 Å². The number of rotatable bonds is 3. The summed E-state index contributed by atoms with van der Waals surface area (Å²) >= 11 is 0. The van der Waals surface area contributed by atoms with Crippen molar-refractivity contribution in [2.45, 2.75) is 0 Å². The van der Waals surface area contributed by atoms with Gasteiger partial charge in [0.15, 0.2) is 0 Å². The van der Waals surface area contributed by atoms with Gasteiger partial charge in [-0.25, -0.2) is 0 Å². The molecule has 0 aliphatic heterocycles. The maximum Gasteiger partial charge on any atom is 0.0541 e. The lowest BCUT2D eigenvalue weighted by Gasteiger charge is -2.16. The summed E-state index contributed by atoms with van der Waals surface area (Å²) in [6.45, 7) is 0. The van der Waals surface area contributed by atoms with Crippen molar-refractivity contribution in [2.24, 2.45) is 0 Å². The Hall–Kier alpha value is -5.28. The molecule has 0 spiro atoms. The average Bonchev–Trinajstić information content (AvgIpc) is 3.51. The molecule has 39 heavy (non-hydrogen) atoms. The first-order valence-corrected chi connectivity index (χ1v) is 13.2. The summed E-state index contributed by atoms with van der Waals surface area (Å²) in [7, 11) is 0. The van der Waals surface area contributed by atoms with E-state index in [9.17, 15) is 0 Å². The van der Waals surface area contributed by atoms with Crippen molar-refractivity contribution in [2.75, 3.05) is 5.73 Å². The topological polar surface area (TPSA) is 35.9 Å². The summed E-state index contributed by atoms with van der Waals surface area (Å²) in [4.78, 5) is 0. The molecule has 0 amide bonds. The summed E-state index contributed by atoms with van der Waals surface area (Å²) in [5.41, 5.74) is 16.1. The summed E-state index contributed by atoms with van der Waals surface area (Å²) in [6.07, 6.45) is 0. The fourth-order valence-electron chi connectivity index (χ4n) is 6.10. The number of benzene rings is 6. The first-order chi connectivity index (χ1) is 19.3. The van der Waals surface area contributed by atoms with E-state index in [0.29, 0.717) is 0 Å². The highest BCUT2D eigenvalue weighted by Gasteiger charge is 2.16. The van der Waals surface area contributed by atoms with Crippen LogP contribution in [0.25, 0.3) is 66.1 Å². The molecule has 0 bridgehead atoms. The standard InChI is InChI=1S/C36H25N3/c37-26-19-17-24(18-20-26)25-21-27(38-33-13-5-1-9-29(33)30-10-2-6-14-34(30)38)23-28(22-25)39-35-15-7-3-11-31(35)32-12-4-8-16-36(32)39/h1-23H,37H2. The quantitative estimate of drug-likeness (QED) is 0.242.